The van der Waals surface area contributed by atoms with Crippen LogP contribution >= 0.6 is 11.6 Å². The Kier molecular flexibility index (Phi) is 6.27. The predicted molar refractivity (Wildman–Crippen MR) is 136 cm³/mol. The van der Waals surface area contributed by atoms with E-state index in [0.29, 0.717) is 45.4 Å². The van der Waals surface area contributed by atoms with Crippen LogP contribution in [0.1, 0.15) is 42.3 Å². The minimum Gasteiger partial charge on any atom is -0.390 e. The summed E-state index contributed by atoms with van der Waals surface area (Å²) in [5, 5.41) is 31.2. The molecule has 5 rings (SSSR count). The van der Waals surface area contributed by atoms with E-state index in [9.17, 15) is 10.2 Å². The van der Waals surface area contributed by atoms with Gasteiger partial charge in [0.15, 0.2) is 0 Å². The van der Waals surface area contributed by atoms with Crippen LogP contribution in [0.25, 0.3) is 22.3 Å². The van der Waals surface area contributed by atoms with Gasteiger partial charge >= 0.3 is 0 Å². The summed E-state index contributed by atoms with van der Waals surface area (Å²) in [5.74, 6) is 0.619. The molecular formula is C25H30ClN7O2. The average Bonchev–Trinajstić information content (AvgIpc) is 3.45. The van der Waals surface area contributed by atoms with E-state index in [2.05, 4.69) is 39.4 Å². The summed E-state index contributed by atoms with van der Waals surface area (Å²) < 4.78 is 3.54. The molecule has 3 heterocycles. The quantitative estimate of drug-likeness (QED) is 0.324. The topological polar surface area (TPSA) is 127 Å². The predicted octanol–water partition coefficient (Wildman–Crippen LogP) is 2.94. The zero-order chi connectivity index (χ0) is 24.9. The molecule has 1 aliphatic rings. The van der Waals surface area contributed by atoms with E-state index in [1.54, 1.807) is 24.9 Å². The normalized spacial score (nSPS) is 22.3. The van der Waals surface area contributed by atoms with Gasteiger partial charge in [-0.05, 0) is 31.0 Å². The van der Waals surface area contributed by atoms with Crippen molar-refractivity contribution in [1.29, 1.82) is 0 Å². The van der Waals surface area contributed by atoms with E-state index in [1.165, 1.54) is 0 Å². The number of anilines is 1. The summed E-state index contributed by atoms with van der Waals surface area (Å²) in [5.41, 5.74) is 10.3. The van der Waals surface area contributed by atoms with Crippen molar-refractivity contribution in [1.82, 2.24) is 29.6 Å². The maximum absolute atomic E-state index is 11.2. The monoisotopic (exact) mass is 495 g/mol. The third-order valence-corrected chi connectivity index (χ3v) is 7.10. The molecule has 0 bridgehead atoms. The zero-order valence-corrected chi connectivity index (χ0v) is 20.7. The second-order valence-electron chi connectivity index (χ2n) is 9.22. The molecule has 4 aromatic rings. The first-order chi connectivity index (χ1) is 16.8. The van der Waals surface area contributed by atoms with Gasteiger partial charge in [-0.2, -0.15) is 5.10 Å². The standard InChI is InChI=1S/C25H30ClN7O2/c1-4-28-10-14-6-5-7-15(8-14)16-9-19(23(35)22(16)34)33-11-17(21-18(26)12-32(3)31-21)20-24(27)29-13(2)30-25(20)33/h5-8,11-12,16,19,22-23,28,34-35H,4,9-10H2,1-3H3,(H2,27,29,30)/t16-,19-,22-,23+/m1/s1. The van der Waals surface area contributed by atoms with Crippen LogP contribution in [-0.2, 0) is 13.6 Å². The van der Waals surface area contributed by atoms with E-state index in [4.69, 9.17) is 17.3 Å². The second kappa shape index (κ2) is 9.23. The van der Waals surface area contributed by atoms with E-state index in [0.717, 1.165) is 24.2 Å². The van der Waals surface area contributed by atoms with Gasteiger partial charge in [0.25, 0.3) is 0 Å². The number of aryl methyl sites for hydroxylation is 2. The maximum atomic E-state index is 11.2. The van der Waals surface area contributed by atoms with E-state index in [1.807, 2.05) is 22.9 Å². The summed E-state index contributed by atoms with van der Waals surface area (Å²) in [4.78, 5) is 9.01. The van der Waals surface area contributed by atoms with Crippen LogP contribution < -0.4 is 11.1 Å². The molecule has 10 heteroatoms. The lowest BCUT2D eigenvalue weighted by Crippen LogP contribution is -2.29. The van der Waals surface area contributed by atoms with Crippen molar-refractivity contribution in [2.75, 3.05) is 12.3 Å². The third kappa shape index (κ3) is 4.18. The van der Waals surface area contributed by atoms with Crippen LogP contribution in [0, 0.1) is 6.92 Å². The van der Waals surface area contributed by atoms with Gasteiger partial charge in [0.1, 0.15) is 29.1 Å². The summed E-state index contributed by atoms with van der Waals surface area (Å²) in [6.45, 7) is 5.48. The van der Waals surface area contributed by atoms with E-state index >= 15 is 0 Å². The number of aromatic nitrogens is 5. The highest BCUT2D eigenvalue weighted by atomic mass is 35.5. The number of rotatable bonds is 6. The number of benzene rings is 1. The molecule has 0 aliphatic heterocycles. The van der Waals surface area contributed by atoms with Gasteiger partial charge < -0.3 is 25.8 Å². The molecule has 1 saturated carbocycles. The van der Waals surface area contributed by atoms with Crippen LogP contribution in [0.2, 0.25) is 5.02 Å². The van der Waals surface area contributed by atoms with Gasteiger partial charge in [0, 0.05) is 37.5 Å². The van der Waals surface area contributed by atoms with Crippen LogP contribution in [0.15, 0.2) is 36.7 Å². The molecule has 9 nitrogen and oxygen atoms in total. The molecule has 1 fully saturated rings. The highest BCUT2D eigenvalue weighted by Crippen LogP contribution is 2.45. The summed E-state index contributed by atoms with van der Waals surface area (Å²) >= 11 is 6.47. The van der Waals surface area contributed by atoms with Gasteiger partial charge in [-0.3, -0.25) is 4.68 Å². The molecule has 35 heavy (non-hydrogen) atoms. The van der Waals surface area contributed by atoms with Crippen molar-refractivity contribution < 1.29 is 10.2 Å². The largest absolute Gasteiger partial charge is 0.390 e. The van der Waals surface area contributed by atoms with Crippen molar-refractivity contribution in [2.24, 2.45) is 7.05 Å². The second-order valence-corrected chi connectivity index (χ2v) is 9.63. The Morgan fingerprint density at radius 1 is 1.20 bits per heavy atom. The molecule has 4 atom stereocenters. The maximum Gasteiger partial charge on any atom is 0.146 e. The molecule has 0 saturated heterocycles. The fraction of sp³-hybridized carbons (Fsp3) is 0.400. The first-order valence-electron chi connectivity index (χ1n) is 11.8. The summed E-state index contributed by atoms with van der Waals surface area (Å²) in [6, 6.07) is 7.75. The molecule has 1 aromatic carbocycles. The first kappa shape index (κ1) is 23.7. The Morgan fingerprint density at radius 3 is 2.71 bits per heavy atom. The Morgan fingerprint density at radius 2 is 2.00 bits per heavy atom. The fourth-order valence-electron chi connectivity index (χ4n) is 5.18. The van der Waals surface area contributed by atoms with Crippen LogP contribution in [0.5, 0.6) is 0 Å². The number of aliphatic hydroxyl groups is 2. The number of nitrogens with one attached hydrogen (secondary N) is 1. The summed E-state index contributed by atoms with van der Waals surface area (Å²) in [7, 11) is 1.80. The fourth-order valence-corrected chi connectivity index (χ4v) is 5.46. The van der Waals surface area contributed by atoms with Crippen LogP contribution in [-0.4, -0.2) is 53.3 Å². The lowest BCUT2D eigenvalue weighted by atomic mass is 9.94. The molecule has 0 unspecified atom stereocenters. The molecule has 0 amide bonds. The van der Waals surface area contributed by atoms with Gasteiger partial charge in [-0.1, -0.05) is 42.8 Å². The number of hydrogen-bond acceptors (Lipinski definition) is 7. The summed E-state index contributed by atoms with van der Waals surface area (Å²) in [6.07, 6.45) is 2.21. The van der Waals surface area contributed by atoms with Crippen LogP contribution in [0.4, 0.5) is 5.82 Å². The number of halogens is 1. The number of nitrogens with zero attached hydrogens (tertiary/aromatic N) is 5. The smallest absolute Gasteiger partial charge is 0.146 e. The molecule has 1 aliphatic carbocycles. The number of fused-ring (bicyclic) bond motifs is 1. The average molecular weight is 496 g/mol. The molecule has 184 valence electrons. The van der Waals surface area contributed by atoms with Gasteiger partial charge in [-0.25, -0.2) is 9.97 Å². The molecule has 3 aromatic heterocycles. The Balaban J connectivity index is 1.58. The van der Waals surface area contributed by atoms with E-state index < -0.39 is 18.2 Å². The van der Waals surface area contributed by atoms with Crippen LogP contribution in [0.3, 0.4) is 0 Å². The first-order valence-corrected chi connectivity index (χ1v) is 12.2. The Labute approximate surface area is 208 Å². The molecule has 0 radical (unpaired) electrons. The SMILES string of the molecule is CCNCc1cccc([C@H]2C[C@@H](n3cc(-c4nn(C)cc4Cl)c4c(N)nc(C)nc43)[C@H](O)[C@@H]2O)c1. The van der Waals surface area contributed by atoms with Crippen molar-refractivity contribution in [3.63, 3.8) is 0 Å². The number of nitrogens with two attached hydrogens (primary N) is 1. The molecule has 0 spiro atoms. The minimum atomic E-state index is -0.989. The highest BCUT2D eigenvalue weighted by Gasteiger charge is 2.44. The minimum absolute atomic E-state index is 0.226. The zero-order valence-electron chi connectivity index (χ0n) is 20.0. The number of hydrogen-bond donors (Lipinski definition) is 4. The Bertz CT molecular complexity index is 1380. The van der Waals surface area contributed by atoms with Crippen molar-refractivity contribution >= 4 is 28.5 Å². The lowest BCUT2D eigenvalue weighted by molar-refractivity contribution is 0.0179. The highest BCUT2D eigenvalue weighted by molar-refractivity contribution is 6.33. The van der Waals surface area contributed by atoms with Crippen molar-refractivity contribution in [3.05, 3.63) is 58.6 Å². The lowest BCUT2D eigenvalue weighted by Gasteiger charge is -2.19. The van der Waals surface area contributed by atoms with E-state index in [-0.39, 0.29) is 5.92 Å². The van der Waals surface area contributed by atoms with Gasteiger partial charge in [0.05, 0.1) is 22.6 Å². The third-order valence-electron chi connectivity index (χ3n) is 6.82. The molecule has 5 N–H and O–H groups in total. The Hall–Kier alpha value is -2.98. The molecular weight excluding hydrogens is 466 g/mol. The number of aliphatic hydroxyl groups excluding tert-OH is 2. The van der Waals surface area contributed by atoms with Gasteiger partial charge in [-0.15, -0.1) is 0 Å². The van der Waals surface area contributed by atoms with Gasteiger partial charge in [0.2, 0.25) is 0 Å². The van der Waals surface area contributed by atoms with Crippen molar-refractivity contribution in [3.8, 4) is 11.3 Å². The number of nitrogen functional groups attached to an aromatic ring is 1. The van der Waals surface area contributed by atoms with Crippen molar-refractivity contribution in [2.45, 2.75) is 51.0 Å².